The van der Waals surface area contributed by atoms with Crippen LogP contribution in [0.3, 0.4) is 0 Å². The SMILES string of the molecule is CC(C)(C)CCNC(=O)c1ccc(-c2cc(C(F)(F)F)cc(C(F)(F)F)c2)cc1. The Morgan fingerprint density at radius 3 is 1.69 bits per heavy atom. The minimum absolute atomic E-state index is 0.0385. The number of hydrogen-bond acceptors (Lipinski definition) is 1. The van der Waals surface area contributed by atoms with Gasteiger partial charge in [0.25, 0.3) is 5.91 Å². The van der Waals surface area contributed by atoms with Crippen molar-refractivity contribution in [1.82, 2.24) is 5.32 Å². The molecule has 0 aliphatic rings. The maximum absolute atomic E-state index is 13.0. The summed E-state index contributed by atoms with van der Waals surface area (Å²) < 4.78 is 78.0. The van der Waals surface area contributed by atoms with Crippen molar-refractivity contribution in [1.29, 1.82) is 0 Å². The van der Waals surface area contributed by atoms with Crippen LogP contribution in [0.1, 0.15) is 48.7 Å². The number of nitrogens with one attached hydrogen (secondary N) is 1. The molecule has 0 aromatic heterocycles. The van der Waals surface area contributed by atoms with Crippen molar-refractivity contribution < 1.29 is 31.1 Å². The number of hydrogen-bond donors (Lipinski definition) is 1. The fourth-order valence-electron chi connectivity index (χ4n) is 2.59. The Bertz CT molecular complexity index is 828. The fourth-order valence-corrected chi connectivity index (χ4v) is 2.59. The highest BCUT2D eigenvalue weighted by Gasteiger charge is 2.37. The molecule has 2 aromatic carbocycles. The number of carbonyl (C=O) groups is 1. The van der Waals surface area contributed by atoms with Crippen LogP contribution < -0.4 is 5.32 Å². The molecule has 1 N–H and O–H groups in total. The van der Waals surface area contributed by atoms with E-state index in [0.29, 0.717) is 18.7 Å². The highest BCUT2D eigenvalue weighted by Crippen LogP contribution is 2.38. The Morgan fingerprint density at radius 1 is 0.793 bits per heavy atom. The van der Waals surface area contributed by atoms with Gasteiger partial charge in [-0.15, -0.1) is 0 Å². The summed E-state index contributed by atoms with van der Waals surface area (Å²) in [6.07, 6.45) is -9.08. The first kappa shape index (κ1) is 22.8. The van der Waals surface area contributed by atoms with E-state index in [4.69, 9.17) is 0 Å². The number of amides is 1. The van der Waals surface area contributed by atoms with Gasteiger partial charge < -0.3 is 5.32 Å². The molecule has 0 fully saturated rings. The van der Waals surface area contributed by atoms with E-state index in [2.05, 4.69) is 5.32 Å². The summed E-state index contributed by atoms with van der Waals surface area (Å²) in [7, 11) is 0. The quantitative estimate of drug-likeness (QED) is 0.561. The highest BCUT2D eigenvalue weighted by atomic mass is 19.4. The summed E-state index contributed by atoms with van der Waals surface area (Å²) in [5.74, 6) is -0.360. The predicted molar refractivity (Wildman–Crippen MR) is 98.3 cm³/mol. The average Bonchev–Trinajstić information content (AvgIpc) is 2.59. The molecular formula is C21H21F6NO. The molecule has 0 bridgehead atoms. The van der Waals surface area contributed by atoms with Crippen LogP contribution in [0, 0.1) is 5.41 Å². The lowest BCUT2D eigenvalue weighted by Gasteiger charge is -2.18. The number of halogens is 6. The van der Waals surface area contributed by atoms with Crippen LogP contribution >= 0.6 is 0 Å². The molecule has 2 nitrogen and oxygen atoms in total. The molecule has 0 spiro atoms. The number of rotatable bonds is 4. The Hall–Kier alpha value is -2.51. The lowest BCUT2D eigenvalue weighted by atomic mass is 9.92. The summed E-state index contributed by atoms with van der Waals surface area (Å²) >= 11 is 0. The van der Waals surface area contributed by atoms with E-state index in [9.17, 15) is 31.1 Å². The first-order chi connectivity index (χ1) is 13.2. The molecule has 2 aromatic rings. The third-order valence-electron chi connectivity index (χ3n) is 4.23. The van der Waals surface area contributed by atoms with Crippen molar-refractivity contribution in [3.05, 3.63) is 59.2 Å². The summed E-state index contributed by atoms with van der Waals surface area (Å²) in [5, 5.41) is 2.74. The van der Waals surface area contributed by atoms with E-state index in [-0.39, 0.29) is 34.1 Å². The van der Waals surface area contributed by atoms with Gasteiger partial charge in [0.05, 0.1) is 11.1 Å². The molecule has 29 heavy (non-hydrogen) atoms. The standard InChI is InChI=1S/C21H21F6NO/c1-19(2,3)8-9-28-18(29)14-6-4-13(5-7-14)15-10-16(20(22,23)24)12-17(11-15)21(25,26)27/h4-7,10-12H,8-9H2,1-3H3,(H,28,29). The van der Waals surface area contributed by atoms with E-state index < -0.39 is 23.5 Å². The second-order valence-electron chi connectivity index (χ2n) is 7.94. The van der Waals surface area contributed by atoms with Crippen molar-refractivity contribution >= 4 is 5.91 Å². The van der Waals surface area contributed by atoms with Gasteiger partial charge in [0.2, 0.25) is 0 Å². The zero-order valence-corrected chi connectivity index (χ0v) is 16.1. The maximum Gasteiger partial charge on any atom is 0.416 e. The third kappa shape index (κ3) is 6.51. The smallest absolute Gasteiger partial charge is 0.352 e. The third-order valence-corrected chi connectivity index (χ3v) is 4.23. The molecular weight excluding hydrogens is 396 g/mol. The van der Waals surface area contributed by atoms with Crippen LogP contribution in [0.25, 0.3) is 11.1 Å². The zero-order chi connectivity index (χ0) is 22.0. The second-order valence-corrected chi connectivity index (χ2v) is 7.94. The first-order valence-electron chi connectivity index (χ1n) is 8.85. The van der Waals surface area contributed by atoms with Gasteiger partial charge in [-0.2, -0.15) is 26.3 Å². The van der Waals surface area contributed by atoms with Gasteiger partial charge in [-0.25, -0.2) is 0 Å². The first-order valence-corrected chi connectivity index (χ1v) is 8.85. The molecule has 0 saturated carbocycles. The summed E-state index contributed by atoms with van der Waals surface area (Å²) in [4.78, 5) is 12.1. The van der Waals surface area contributed by atoms with Crippen LogP contribution in [-0.2, 0) is 12.4 Å². The Balaban J connectivity index is 2.28. The molecule has 0 saturated heterocycles. The van der Waals surface area contributed by atoms with Gasteiger partial charge in [-0.3, -0.25) is 4.79 Å². The fraction of sp³-hybridized carbons (Fsp3) is 0.381. The lowest BCUT2D eigenvalue weighted by molar-refractivity contribution is -0.143. The van der Waals surface area contributed by atoms with Crippen LogP contribution in [0.4, 0.5) is 26.3 Å². The topological polar surface area (TPSA) is 29.1 Å². The van der Waals surface area contributed by atoms with Crippen LogP contribution in [0.2, 0.25) is 0 Å². The van der Waals surface area contributed by atoms with E-state index in [1.165, 1.54) is 24.3 Å². The van der Waals surface area contributed by atoms with Gasteiger partial charge in [-0.05, 0) is 53.3 Å². The Labute approximate surface area is 164 Å². The van der Waals surface area contributed by atoms with Gasteiger partial charge in [0.15, 0.2) is 0 Å². The van der Waals surface area contributed by atoms with Gasteiger partial charge in [0, 0.05) is 12.1 Å². The van der Waals surface area contributed by atoms with E-state index >= 15 is 0 Å². The van der Waals surface area contributed by atoms with E-state index in [1.54, 1.807) is 0 Å². The molecule has 8 heteroatoms. The Morgan fingerprint density at radius 2 is 1.28 bits per heavy atom. The van der Waals surface area contributed by atoms with Gasteiger partial charge in [0.1, 0.15) is 0 Å². The monoisotopic (exact) mass is 417 g/mol. The number of benzene rings is 2. The molecule has 0 unspecified atom stereocenters. The van der Waals surface area contributed by atoms with Crippen molar-refractivity contribution in [2.24, 2.45) is 5.41 Å². The minimum Gasteiger partial charge on any atom is -0.352 e. The molecule has 0 atom stereocenters. The number of alkyl halides is 6. The predicted octanol–water partition coefficient (Wildman–Crippen LogP) is 6.56. The summed E-state index contributed by atoms with van der Waals surface area (Å²) in [5.41, 5.74) is -2.54. The van der Waals surface area contributed by atoms with Crippen LogP contribution in [0.15, 0.2) is 42.5 Å². The highest BCUT2D eigenvalue weighted by molar-refractivity contribution is 5.94. The van der Waals surface area contributed by atoms with Crippen LogP contribution in [-0.4, -0.2) is 12.5 Å². The molecule has 1 amide bonds. The maximum atomic E-state index is 13.0. The summed E-state index contributed by atoms with van der Waals surface area (Å²) in [6.45, 7) is 6.53. The minimum atomic E-state index is -4.91. The average molecular weight is 417 g/mol. The Kier molecular flexibility index (Phi) is 6.35. The molecule has 0 aliphatic carbocycles. The normalized spacial score (nSPS) is 12.7. The van der Waals surface area contributed by atoms with Crippen molar-refractivity contribution in [2.75, 3.05) is 6.54 Å². The van der Waals surface area contributed by atoms with Gasteiger partial charge in [-0.1, -0.05) is 32.9 Å². The van der Waals surface area contributed by atoms with E-state index in [1.807, 2.05) is 20.8 Å². The largest absolute Gasteiger partial charge is 0.416 e. The van der Waals surface area contributed by atoms with Gasteiger partial charge >= 0.3 is 12.4 Å². The van der Waals surface area contributed by atoms with Crippen molar-refractivity contribution in [3.8, 4) is 11.1 Å². The van der Waals surface area contributed by atoms with E-state index in [0.717, 1.165) is 6.42 Å². The van der Waals surface area contributed by atoms with Crippen molar-refractivity contribution in [3.63, 3.8) is 0 Å². The number of carbonyl (C=O) groups excluding carboxylic acids is 1. The summed E-state index contributed by atoms with van der Waals surface area (Å²) in [6, 6.07) is 6.80. The van der Waals surface area contributed by atoms with Crippen LogP contribution in [0.5, 0.6) is 0 Å². The molecule has 0 heterocycles. The zero-order valence-electron chi connectivity index (χ0n) is 16.1. The second kappa shape index (κ2) is 8.08. The van der Waals surface area contributed by atoms with Crippen molar-refractivity contribution in [2.45, 2.75) is 39.5 Å². The molecule has 0 aliphatic heterocycles. The molecule has 0 radical (unpaired) electrons. The molecule has 158 valence electrons. The molecule has 2 rings (SSSR count). The lowest BCUT2D eigenvalue weighted by Crippen LogP contribution is -2.27.